The quantitative estimate of drug-likeness (QED) is 0.840. The Kier molecular flexibility index (Phi) is 4.62. The van der Waals surface area contributed by atoms with Crippen molar-refractivity contribution in [3.63, 3.8) is 0 Å². The van der Waals surface area contributed by atoms with Crippen molar-refractivity contribution in [2.45, 2.75) is 76.0 Å². The average molecular weight is 314 g/mol. The Labute approximate surface area is 133 Å². The van der Waals surface area contributed by atoms with Gasteiger partial charge in [0.25, 0.3) is 0 Å². The van der Waals surface area contributed by atoms with Crippen molar-refractivity contribution in [1.82, 2.24) is 5.32 Å². The number of rotatable bonds is 3. The number of aliphatic hydroxyl groups is 1. The molecule has 0 radical (unpaired) electrons. The highest BCUT2D eigenvalue weighted by molar-refractivity contribution is 7.99. The van der Waals surface area contributed by atoms with Crippen molar-refractivity contribution in [1.29, 1.82) is 0 Å². The fraction of sp³-hybridized carbons (Fsp3) is 1.00. The molecule has 1 saturated carbocycles. The molecule has 1 spiro atoms. The normalized spacial score (nSPS) is 38.7. The largest absolute Gasteiger partial charge is 0.389 e. The summed E-state index contributed by atoms with van der Waals surface area (Å²) in [5.41, 5.74) is 0.0687. The standard InChI is InChI=1S/C17H31NO2S/c1-15(2)4-6-16(19,7-5-15)12-18-14-3-9-20-17(11-14)8-10-21-13-17/h14,18-19H,3-13H2,1-2H3. The van der Waals surface area contributed by atoms with E-state index in [1.165, 1.54) is 12.2 Å². The molecule has 3 aliphatic rings. The molecule has 21 heavy (non-hydrogen) atoms. The number of hydrogen-bond donors (Lipinski definition) is 2. The van der Waals surface area contributed by atoms with Crippen LogP contribution in [0.2, 0.25) is 0 Å². The zero-order valence-electron chi connectivity index (χ0n) is 13.6. The Balaban J connectivity index is 1.48. The van der Waals surface area contributed by atoms with Crippen LogP contribution in [0.15, 0.2) is 0 Å². The molecule has 2 saturated heterocycles. The summed E-state index contributed by atoms with van der Waals surface area (Å²) in [6.07, 6.45) is 7.58. The third kappa shape index (κ3) is 3.95. The van der Waals surface area contributed by atoms with Crippen molar-refractivity contribution in [3.8, 4) is 0 Å². The van der Waals surface area contributed by atoms with Gasteiger partial charge in [0.15, 0.2) is 0 Å². The topological polar surface area (TPSA) is 41.5 Å². The SMILES string of the molecule is CC1(C)CCC(O)(CNC2CCOC3(CCSC3)C2)CC1. The zero-order chi connectivity index (χ0) is 15.0. The molecule has 0 aromatic heterocycles. The Hall–Kier alpha value is 0.230. The lowest BCUT2D eigenvalue weighted by Crippen LogP contribution is -2.52. The van der Waals surface area contributed by atoms with Crippen LogP contribution in [-0.4, -0.2) is 47.0 Å². The molecular weight excluding hydrogens is 282 g/mol. The molecule has 0 aromatic carbocycles. The zero-order valence-corrected chi connectivity index (χ0v) is 14.4. The van der Waals surface area contributed by atoms with Gasteiger partial charge >= 0.3 is 0 Å². The van der Waals surface area contributed by atoms with Crippen LogP contribution < -0.4 is 5.32 Å². The highest BCUT2D eigenvalue weighted by Crippen LogP contribution is 2.41. The van der Waals surface area contributed by atoms with Gasteiger partial charge in [0.2, 0.25) is 0 Å². The Morgan fingerprint density at radius 1 is 1.19 bits per heavy atom. The predicted molar refractivity (Wildman–Crippen MR) is 88.8 cm³/mol. The van der Waals surface area contributed by atoms with Crippen LogP contribution in [0.1, 0.15) is 58.8 Å². The van der Waals surface area contributed by atoms with Crippen LogP contribution in [0.4, 0.5) is 0 Å². The number of ether oxygens (including phenoxy) is 1. The van der Waals surface area contributed by atoms with Gasteiger partial charge in [0.05, 0.1) is 11.2 Å². The molecule has 2 heterocycles. The summed E-state index contributed by atoms with van der Waals surface area (Å²) in [6, 6.07) is 0.524. The van der Waals surface area contributed by atoms with E-state index < -0.39 is 5.60 Å². The fourth-order valence-electron chi connectivity index (χ4n) is 3.97. The van der Waals surface area contributed by atoms with Crippen molar-refractivity contribution in [2.24, 2.45) is 5.41 Å². The van der Waals surface area contributed by atoms with Gasteiger partial charge in [-0.3, -0.25) is 0 Å². The second-order valence-corrected chi connectivity index (χ2v) is 9.40. The van der Waals surface area contributed by atoms with E-state index in [9.17, 15) is 5.11 Å². The first-order chi connectivity index (χ1) is 9.91. The third-order valence-corrected chi connectivity index (χ3v) is 7.04. The summed E-state index contributed by atoms with van der Waals surface area (Å²) in [6.45, 7) is 6.28. The maximum atomic E-state index is 10.8. The minimum Gasteiger partial charge on any atom is -0.389 e. The van der Waals surface area contributed by atoms with Gasteiger partial charge < -0.3 is 15.2 Å². The molecule has 2 aliphatic heterocycles. The Morgan fingerprint density at radius 3 is 2.62 bits per heavy atom. The molecule has 2 unspecified atom stereocenters. The van der Waals surface area contributed by atoms with Gasteiger partial charge in [-0.05, 0) is 56.1 Å². The Bertz CT molecular complexity index is 356. The molecule has 0 bridgehead atoms. The highest BCUT2D eigenvalue weighted by Gasteiger charge is 2.42. The molecule has 2 atom stereocenters. The fourth-order valence-corrected chi connectivity index (χ4v) is 5.35. The molecule has 122 valence electrons. The van der Waals surface area contributed by atoms with Crippen LogP contribution in [0.25, 0.3) is 0 Å². The van der Waals surface area contributed by atoms with Gasteiger partial charge in [-0.15, -0.1) is 0 Å². The summed E-state index contributed by atoms with van der Waals surface area (Å²) >= 11 is 2.02. The lowest BCUT2D eigenvalue weighted by Gasteiger charge is -2.43. The summed E-state index contributed by atoms with van der Waals surface area (Å²) in [7, 11) is 0. The van der Waals surface area contributed by atoms with E-state index in [0.717, 1.165) is 57.4 Å². The lowest BCUT2D eigenvalue weighted by molar-refractivity contribution is -0.0764. The molecule has 3 fully saturated rings. The van der Waals surface area contributed by atoms with E-state index in [0.29, 0.717) is 11.5 Å². The molecular formula is C17H31NO2S. The second kappa shape index (κ2) is 6.03. The Morgan fingerprint density at radius 2 is 1.95 bits per heavy atom. The molecule has 3 rings (SSSR count). The van der Waals surface area contributed by atoms with Crippen molar-refractivity contribution >= 4 is 11.8 Å². The minimum absolute atomic E-state index is 0.137. The van der Waals surface area contributed by atoms with Gasteiger partial charge in [0, 0.05) is 24.9 Å². The van der Waals surface area contributed by atoms with Crippen molar-refractivity contribution in [3.05, 3.63) is 0 Å². The summed E-state index contributed by atoms with van der Waals surface area (Å²) in [4.78, 5) is 0. The number of thioether (sulfide) groups is 1. The second-order valence-electron chi connectivity index (χ2n) is 8.29. The predicted octanol–water partition coefficient (Wildman–Crippen LogP) is 2.96. The van der Waals surface area contributed by atoms with Crippen LogP contribution in [0, 0.1) is 5.41 Å². The molecule has 0 amide bonds. The first kappa shape index (κ1) is 16.1. The molecule has 2 N–H and O–H groups in total. The van der Waals surface area contributed by atoms with Gasteiger partial charge in [-0.2, -0.15) is 11.8 Å². The van der Waals surface area contributed by atoms with Crippen LogP contribution >= 0.6 is 11.8 Å². The number of hydrogen-bond acceptors (Lipinski definition) is 4. The average Bonchev–Trinajstić information content (AvgIpc) is 2.89. The van der Waals surface area contributed by atoms with Gasteiger partial charge in [-0.1, -0.05) is 13.8 Å². The monoisotopic (exact) mass is 313 g/mol. The maximum Gasteiger partial charge on any atom is 0.0795 e. The molecule has 0 aromatic rings. The van der Waals surface area contributed by atoms with E-state index in [4.69, 9.17) is 4.74 Å². The smallest absolute Gasteiger partial charge is 0.0795 e. The van der Waals surface area contributed by atoms with Crippen LogP contribution in [-0.2, 0) is 4.74 Å². The molecule has 3 nitrogen and oxygen atoms in total. The van der Waals surface area contributed by atoms with E-state index in [1.54, 1.807) is 0 Å². The van der Waals surface area contributed by atoms with Crippen molar-refractivity contribution < 1.29 is 9.84 Å². The van der Waals surface area contributed by atoms with E-state index in [2.05, 4.69) is 19.2 Å². The highest BCUT2D eigenvalue weighted by atomic mass is 32.2. The first-order valence-electron chi connectivity index (χ1n) is 8.58. The van der Waals surface area contributed by atoms with E-state index >= 15 is 0 Å². The maximum absolute atomic E-state index is 10.8. The van der Waals surface area contributed by atoms with Crippen LogP contribution in [0.5, 0.6) is 0 Å². The number of nitrogens with one attached hydrogen (secondary N) is 1. The molecule has 4 heteroatoms. The minimum atomic E-state index is -0.481. The first-order valence-corrected chi connectivity index (χ1v) is 9.74. The van der Waals surface area contributed by atoms with Crippen molar-refractivity contribution in [2.75, 3.05) is 24.7 Å². The summed E-state index contributed by atoms with van der Waals surface area (Å²) in [5.74, 6) is 2.40. The van der Waals surface area contributed by atoms with Gasteiger partial charge in [-0.25, -0.2) is 0 Å². The summed E-state index contributed by atoms with van der Waals surface area (Å²) in [5, 5.41) is 14.5. The lowest BCUT2D eigenvalue weighted by atomic mass is 9.71. The summed E-state index contributed by atoms with van der Waals surface area (Å²) < 4.78 is 6.08. The van der Waals surface area contributed by atoms with Crippen LogP contribution in [0.3, 0.4) is 0 Å². The third-order valence-electron chi connectivity index (χ3n) is 5.81. The van der Waals surface area contributed by atoms with E-state index in [1.807, 2.05) is 11.8 Å². The van der Waals surface area contributed by atoms with E-state index in [-0.39, 0.29) is 5.60 Å². The molecule has 1 aliphatic carbocycles. The van der Waals surface area contributed by atoms with Gasteiger partial charge in [0.1, 0.15) is 0 Å².